The fraction of sp³-hybridized carbons (Fsp3) is 0.241. The summed E-state index contributed by atoms with van der Waals surface area (Å²) in [5.74, 6) is -1.93. The lowest BCUT2D eigenvalue weighted by molar-refractivity contribution is -0.146. The van der Waals surface area contributed by atoms with Crippen LogP contribution in [0.15, 0.2) is 72.6 Å². The van der Waals surface area contributed by atoms with Crippen LogP contribution in [0.5, 0.6) is 11.5 Å². The first kappa shape index (κ1) is 26.4. The van der Waals surface area contributed by atoms with Crippen LogP contribution in [0.2, 0.25) is 0 Å². The zero-order valence-electron chi connectivity index (χ0n) is 21.5. The molecule has 1 atom stereocenters. The molecule has 1 aliphatic heterocycles. The van der Waals surface area contributed by atoms with Gasteiger partial charge in [0.2, 0.25) is 0 Å². The lowest BCUT2D eigenvalue weighted by atomic mass is 9.95. The summed E-state index contributed by atoms with van der Waals surface area (Å²) in [6, 6.07) is 14.0. The topological polar surface area (TPSA) is 115 Å². The Labute approximate surface area is 220 Å². The molecule has 2 heterocycles. The minimum absolute atomic E-state index is 0.0664. The van der Waals surface area contributed by atoms with Crippen molar-refractivity contribution in [2.45, 2.75) is 32.4 Å². The van der Waals surface area contributed by atoms with Crippen LogP contribution in [0, 0.1) is 0 Å². The number of methoxy groups -OCH3 is 2. The average molecular weight is 517 g/mol. The Kier molecular flexibility index (Phi) is 7.76. The monoisotopic (exact) mass is 516 g/mol. The molecular formula is C29H28N2O7. The summed E-state index contributed by atoms with van der Waals surface area (Å²) in [4.78, 5) is 44.4. The molecule has 4 rings (SSSR count). The number of hydrogen-bond donors (Lipinski definition) is 1. The van der Waals surface area contributed by atoms with Crippen molar-refractivity contribution in [1.82, 2.24) is 4.98 Å². The molecule has 1 aromatic heterocycles. The van der Waals surface area contributed by atoms with Crippen LogP contribution in [0.4, 0.5) is 5.69 Å². The highest BCUT2D eigenvalue weighted by atomic mass is 16.5. The Bertz CT molecular complexity index is 1360. The van der Waals surface area contributed by atoms with Crippen molar-refractivity contribution in [3.05, 3.63) is 89.3 Å². The zero-order chi connectivity index (χ0) is 27.4. The minimum Gasteiger partial charge on any atom is -0.506 e. The first-order valence-electron chi connectivity index (χ1n) is 12.0. The molecule has 1 amide bonds. The van der Waals surface area contributed by atoms with Crippen molar-refractivity contribution >= 4 is 29.1 Å². The Hall–Kier alpha value is -4.66. The molecule has 1 fully saturated rings. The number of nitrogens with zero attached hydrogens (tertiary/aromatic N) is 2. The number of aliphatic hydroxyl groups is 1. The van der Waals surface area contributed by atoms with Gasteiger partial charge in [0.25, 0.3) is 11.7 Å². The van der Waals surface area contributed by atoms with Gasteiger partial charge in [0, 0.05) is 18.1 Å². The highest BCUT2D eigenvalue weighted by molar-refractivity contribution is 6.51. The highest BCUT2D eigenvalue weighted by Crippen LogP contribution is 2.44. The molecule has 1 unspecified atom stereocenters. The number of pyridine rings is 1. The Morgan fingerprint density at radius 3 is 2.21 bits per heavy atom. The summed E-state index contributed by atoms with van der Waals surface area (Å²) in [6.07, 6.45) is 2.95. The Balaban J connectivity index is 1.83. The van der Waals surface area contributed by atoms with Gasteiger partial charge in [-0.2, -0.15) is 0 Å². The third-order valence-corrected chi connectivity index (χ3v) is 6.04. The average Bonchev–Trinajstić information content (AvgIpc) is 3.18. The van der Waals surface area contributed by atoms with E-state index in [9.17, 15) is 19.5 Å². The maximum atomic E-state index is 13.4. The maximum Gasteiger partial charge on any atom is 0.310 e. The van der Waals surface area contributed by atoms with Crippen LogP contribution in [0.3, 0.4) is 0 Å². The van der Waals surface area contributed by atoms with Gasteiger partial charge in [-0.3, -0.25) is 24.3 Å². The van der Waals surface area contributed by atoms with Crippen molar-refractivity contribution in [3.8, 4) is 11.5 Å². The van der Waals surface area contributed by atoms with E-state index >= 15 is 0 Å². The summed E-state index contributed by atoms with van der Waals surface area (Å²) in [6.45, 7) is 3.55. The first-order valence-corrected chi connectivity index (χ1v) is 12.0. The number of hydrogen-bond acceptors (Lipinski definition) is 8. The van der Waals surface area contributed by atoms with Gasteiger partial charge < -0.3 is 19.3 Å². The lowest BCUT2D eigenvalue weighted by Crippen LogP contribution is -2.29. The van der Waals surface area contributed by atoms with E-state index in [2.05, 4.69) is 4.98 Å². The summed E-state index contributed by atoms with van der Waals surface area (Å²) in [5.41, 5.74) is 1.64. The highest BCUT2D eigenvalue weighted by Gasteiger charge is 2.47. The van der Waals surface area contributed by atoms with Gasteiger partial charge in [-0.15, -0.1) is 0 Å². The van der Waals surface area contributed by atoms with E-state index in [1.165, 1.54) is 25.3 Å². The number of aromatic nitrogens is 1. The van der Waals surface area contributed by atoms with E-state index in [4.69, 9.17) is 14.2 Å². The fourth-order valence-electron chi connectivity index (χ4n) is 4.42. The molecule has 0 saturated carbocycles. The maximum absolute atomic E-state index is 13.4. The number of Topliss-reactive ketones (excluding diaryl/α,β-unsaturated/α-hetero) is 1. The number of esters is 1. The number of ketones is 1. The van der Waals surface area contributed by atoms with E-state index in [-0.39, 0.29) is 41.1 Å². The number of rotatable bonds is 8. The van der Waals surface area contributed by atoms with Gasteiger partial charge in [-0.25, -0.2) is 0 Å². The summed E-state index contributed by atoms with van der Waals surface area (Å²) in [7, 11) is 2.86. The second kappa shape index (κ2) is 11.2. The van der Waals surface area contributed by atoms with Crippen LogP contribution in [0.25, 0.3) is 5.76 Å². The summed E-state index contributed by atoms with van der Waals surface area (Å²) < 4.78 is 16.0. The summed E-state index contributed by atoms with van der Waals surface area (Å²) >= 11 is 0. The smallest absolute Gasteiger partial charge is 0.310 e. The van der Waals surface area contributed by atoms with E-state index < -0.39 is 23.5 Å². The first-order chi connectivity index (χ1) is 18.3. The molecule has 38 heavy (non-hydrogen) atoms. The second-order valence-electron chi connectivity index (χ2n) is 8.87. The molecule has 1 N–H and O–H groups in total. The van der Waals surface area contributed by atoms with E-state index in [1.54, 1.807) is 74.6 Å². The number of ether oxygens (including phenoxy) is 3. The molecule has 9 nitrogen and oxygen atoms in total. The number of carbonyl (C=O) groups is 3. The molecular weight excluding hydrogens is 488 g/mol. The second-order valence-corrected chi connectivity index (χ2v) is 8.87. The lowest BCUT2D eigenvalue weighted by Gasteiger charge is -2.25. The van der Waals surface area contributed by atoms with Gasteiger partial charge in [-0.1, -0.05) is 24.3 Å². The molecule has 196 valence electrons. The SMILES string of the molecule is COc1cccc(OC)c1/C(O)=C1\C(=O)C(=O)N(c2ccc(CC(=O)OC(C)C)cc2)C1c1cccnc1. The normalized spacial score (nSPS) is 16.6. The van der Waals surface area contributed by atoms with Crippen molar-refractivity contribution < 1.29 is 33.7 Å². The largest absolute Gasteiger partial charge is 0.506 e. The number of carbonyl (C=O) groups excluding carboxylic acids is 3. The van der Waals surface area contributed by atoms with E-state index in [1.807, 2.05) is 0 Å². The van der Waals surface area contributed by atoms with E-state index in [0.717, 1.165) is 0 Å². The number of anilines is 1. The molecule has 2 aromatic carbocycles. The van der Waals surface area contributed by atoms with Gasteiger partial charge >= 0.3 is 5.97 Å². The molecule has 1 aliphatic rings. The molecule has 0 spiro atoms. The Morgan fingerprint density at radius 1 is 1.00 bits per heavy atom. The number of benzene rings is 2. The molecule has 9 heteroatoms. The predicted molar refractivity (Wildman–Crippen MR) is 140 cm³/mol. The fourth-order valence-corrected chi connectivity index (χ4v) is 4.42. The van der Waals surface area contributed by atoms with Crippen molar-refractivity contribution in [2.24, 2.45) is 0 Å². The third-order valence-electron chi connectivity index (χ3n) is 6.04. The van der Waals surface area contributed by atoms with Gasteiger partial charge in [0.15, 0.2) is 0 Å². The van der Waals surface area contributed by atoms with Gasteiger partial charge in [0.05, 0.1) is 38.4 Å². The van der Waals surface area contributed by atoms with Crippen LogP contribution < -0.4 is 14.4 Å². The number of amides is 1. The van der Waals surface area contributed by atoms with Crippen LogP contribution >= 0.6 is 0 Å². The molecule has 0 radical (unpaired) electrons. The molecule has 3 aromatic rings. The van der Waals surface area contributed by atoms with Crippen molar-refractivity contribution in [2.75, 3.05) is 19.1 Å². The van der Waals surface area contributed by atoms with Crippen LogP contribution in [-0.2, 0) is 25.5 Å². The molecule has 0 aliphatic carbocycles. The predicted octanol–water partition coefficient (Wildman–Crippen LogP) is 4.22. The number of aliphatic hydroxyl groups excluding tert-OH is 1. The van der Waals surface area contributed by atoms with Gasteiger partial charge in [0.1, 0.15) is 22.8 Å². The zero-order valence-corrected chi connectivity index (χ0v) is 21.5. The Morgan fingerprint density at radius 2 is 1.66 bits per heavy atom. The molecule has 0 bridgehead atoms. The third kappa shape index (κ3) is 5.08. The van der Waals surface area contributed by atoms with Gasteiger partial charge in [-0.05, 0) is 55.3 Å². The van der Waals surface area contributed by atoms with E-state index in [0.29, 0.717) is 16.8 Å². The van der Waals surface area contributed by atoms with Crippen LogP contribution in [-0.4, -0.2) is 48.1 Å². The van der Waals surface area contributed by atoms with Crippen molar-refractivity contribution in [1.29, 1.82) is 0 Å². The van der Waals surface area contributed by atoms with Crippen molar-refractivity contribution in [3.63, 3.8) is 0 Å². The standard InChI is InChI=1S/C29H28N2O7/c1-17(2)38-23(32)15-18-10-12-20(13-11-18)31-26(19-7-6-14-30-16-19)25(28(34)29(31)35)27(33)24-21(36-3)8-5-9-22(24)37-4/h5-14,16-17,26,33H,15H2,1-4H3/b27-25+. The minimum atomic E-state index is -0.977. The molecule has 1 saturated heterocycles. The summed E-state index contributed by atoms with van der Waals surface area (Å²) in [5, 5.41) is 11.5. The quantitative estimate of drug-likeness (QED) is 0.205. The van der Waals surface area contributed by atoms with Crippen LogP contribution in [0.1, 0.15) is 36.6 Å².